The van der Waals surface area contributed by atoms with Crippen LogP contribution in [0.2, 0.25) is 0 Å². The second-order valence-corrected chi connectivity index (χ2v) is 6.57. The fraction of sp³-hybridized carbons (Fsp3) is 0.727. The third kappa shape index (κ3) is 3.35. The van der Waals surface area contributed by atoms with Crippen molar-refractivity contribution < 1.29 is 4.79 Å². The van der Waals surface area contributed by atoms with Gasteiger partial charge in [-0.2, -0.15) is 0 Å². The summed E-state index contributed by atoms with van der Waals surface area (Å²) in [6.45, 7) is 3.05. The maximum Gasteiger partial charge on any atom is 0.233 e. The Morgan fingerprint density at radius 3 is 3.06 bits per heavy atom. The summed E-state index contributed by atoms with van der Waals surface area (Å²) in [6, 6.07) is 0.423. The van der Waals surface area contributed by atoms with Gasteiger partial charge in [0.1, 0.15) is 0 Å². The summed E-state index contributed by atoms with van der Waals surface area (Å²) in [7, 11) is 0. The number of hydrogen-bond donors (Lipinski definition) is 1. The van der Waals surface area contributed by atoms with Crippen LogP contribution in [0.4, 0.5) is 5.13 Å². The quantitative estimate of drug-likeness (QED) is 0.857. The third-order valence-electron chi connectivity index (χ3n) is 3.16. The second-order valence-electron chi connectivity index (χ2n) is 4.34. The molecule has 2 rings (SSSR count). The summed E-state index contributed by atoms with van der Waals surface area (Å²) >= 11 is 2.76. The van der Waals surface area contributed by atoms with Crippen LogP contribution in [0.3, 0.4) is 0 Å². The van der Waals surface area contributed by atoms with E-state index in [1.165, 1.54) is 29.5 Å². The summed E-state index contributed by atoms with van der Waals surface area (Å²) in [5.41, 5.74) is 5.51. The van der Waals surface area contributed by atoms with Gasteiger partial charge in [-0.15, -0.1) is 10.2 Å². The van der Waals surface area contributed by atoms with Crippen LogP contribution in [0.15, 0.2) is 4.34 Å². The lowest BCUT2D eigenvalue weighted by atomic mass is 10.0. The van der Waals surface area contributed by atoms with Crippen molar-refractivity contribution in [3.63, 3.8) is 0 Å². The van der Waals surface area contributed by atoms with Crippen molar-refractivity contribution in [2.45, 2.75) is 43.0 Å². The average molecular weight is 286 g/mol. The first-order valence-corrected chi connectivity index (χ1v) is 8.02. The van der Waals surface area contributed by atoms with E-state index in [0.717, 1.165) is 30.1 Å². The number of piperidine rings is 1. The van der Waals surface area contributed by atoms with Crippen molar-refractivity contribution in [1.29, 1.82) is 0 Å². The smallest absolute Gasteiger partial charge is 0.233 e. The maximum atomic E-state index is 12.2. The highest BCUT2D eigenvalue weighted by atomic mass is 32.2. The Hall–Kier alpha value is -0.820. The number of carbonyl (C=O) groups is 1. The van der Waals surface area contributed by atoms with Gasteiger partial charge < -0.3 is 10.6 Å². The lowest BCUT2D eigenvalue weighted by molar-refractivity contribution is -0.132. The molecule has 2 heterocycles. The van der Waals surface area contributed by atoms with Gasteiger partial charge in [0.25, 0.3) is 0 Å². The van der Waals surface area contributed by atoms with Crippen LogP contribution in [0.1, 0.15) is 32.6 Å². The Morgan fingerprint density at radius 1 is 1.56 bits per heavy atom. The fourth-order valence-electron chi connectivity index (χ4n) is 2.24. The van der Waals surface area contributed by atoms with Gasteiger partial charge in [0, 0.05) is 12.6 Å². The molecule has 1 aliphatic heterocycles. The van der Waals surface area contributed by atoms with Gasteiger partial charge in [0.2, 0.25) is 11.0 Å². The first kappa shape index (κ1) is 13.6. The SMILES string of the molecule is CC[C@H]1CCCCN1C(=O)CSc1nnc(N)s1. The van der Waals surface area contributed by atoms with E-state index in [1.807, 2.05) is 4.90 Å². The van der Waals surface area contributed by atoms with Crippen molar-refractivity contribution in [3.05, 3.63) is 0 Å². The Morgan fingerprint density at radius 2 is 2.39 bits per heavy atom. The highest BCUT2D eigenvalue weighted by Crippen LogP contribution is 2.25. The van der Waals surface area contributed by atoms with Gasteiger partial charge in [-0.3, -0.25) is 4.79 Å². The average Bonchev–Trinajstić information content (AvgIpc) is 2.81. The summed E-state index contributed by atoms with van der Waals surface area (Å²) in [4.78, 5) is 14.2. The molecular formula is C11H18N4OS2. The monoisotopic (exact) mass is 286 g/mol. The predicted molar refractivity (Wildman–Crippen MR) is 74.7 cm³/mol. The minimum Gasteiger partial charge on any atom is -0.374 e. The van der Waals surface area contributed by atoms with Gasteiger partial charge in [-0.25, -0.2) is 0 Å². The van der Waals surface area contributed by atoms with E-state index in [1.54, 1.807) is 0 Å². The number of nitrogen functional groups attached to an aromatic ring is 1. The van der Waals surface area contributed by atoms with Crippen molar-refractivity contribution in [2.75, 3.05) is 18.0 Å². The number of carbonyl (C=O) groups excluding carboxylic acids is 1. The molecule has 1 aliphatic rings. The zero-order valence-corrected chi connectivity index (χ0v) is 12.1. The molecule has 1 atom stereocenters. The van der Waals surface area contributed by atoms with E-state index in [-0.39, 0.29) is 5.91 Å². The Kier molecular flexibility index (Phi) is 4.82. The maximum absolute atomic E-state index is 12.2. The molecule has 0 aliphatic carbocycles. The van der Waals surface area contributed by atoms with Crippen LogP contribution in [0.25, 0.3) is 0 Å². The van der Waals surface area contributed by atoms with E-state index in [2.05, 4.69) is 17.1 Å². The largest absolute Gasteiger partial charge is 0.374 e. The number of anilines is 1. The van der Waals surface area contributed by atoms with Crippen LogP contribution in [0, 0.1) is 0 Å². The number of thioether (sulfide) groups is 1. The highest BCUT2D eigenvalue weighted by Gasteiger charge is 2.25. The van der Waals surface area contributed by atoms with E-state index in [9.17, 15) is 4.79 Å². The molecule has 7 heteroatoms. The molecule has 100 valence electrons. The summed E-state index contributed by atoms with van der Waals surface area (Å²) in [5, 5.41) is 8.10. The van der Waals surface area contributed by atoms with Crippen molar-refractivity contribution in [1.82, 2.24) is 15.1 Å². The van der Waals surface area contributed by atoms with E-state index in [4.69, 9.17) is 5.73 Å². The number of nitrogens with two attached hydrogens (primary N) is 1. The molecule has 0 spiro atoms. The van der Waals surface area contributed by atoms with E-state index < -0.39 is 0 Å². The molecular weight excluding hydrogens is 268 g/mol. The number of rotatable bonds is 4. The van der Waals surface area contributed by atoms with Crippen LogP contribution < -0.4 is 5.73 Å². The molecule has 1 fully saturated rings. The number of nitrogens with zero attached hydrogens (tertiary/aromatic N) is 3. The molecule has 1 saturated heterocycles. The number of amides is 1. The van der Waals surface area contributed by atoms with Crippen LogP contribution in [0.5, 0.6) is 0 Å². The molecule has 18 heavy (non-hydrogen) atoms. The molecule has 0 radical (unpaired) electrons. The fourth-order valence-corrected chi connectivity index (χ4v) is 3.76. The molecule has 1 aromatic heterocycles. The second kappa shape index (κ2) is 6.38. The first-order valence-electron chi connectivity index (χ1n) is 6.22. The minimum atomic E-state index is 0.209. The third-order valence-corrected chi connectivity index (χ3v) is 5.03. The standard InChI is InChI=1S/C11H18N4OS2/c1-2-8-5-3-4-6-15(8)9(16)7-17-11-14-13-10(12)18-11/h8H,2-7H2,1H3,(H2,12,13)/t8-/m0/s1. The Bertz CT molecular complexity index is 410. The normalized spacial score (nSPS) is 20.1. The predicted octanol–water partition coefficient (Wildman–Crippen LogP) is 2.00. The molecule has 0 aromatic carbocycles. The van der Waals surface area contributed by atoms with Crippen molar-refractivity contribution in [2.24, 2.45) is 0 Å². The molecule has 0 unspecified atom stereocenters. The van der Waals surface area contributed by atoms with Crippen LogP contribution in [-0.4, -0.2) is 39.3 Å². The zero-order valence-electron chi connectivity index (χ0n) is 10.5. The number of aromatic nitrogens is 2. The van der Waals surface area contributed by atoms with Crippen molar-refractivity contribution in [3.8, 4) is 0 Å². The minimum absolute atomic E-state index is 0.209. The van der Waals surface area contributed by atoms with E-state index in [0.29, 0.717) is 16.9 Å². The molecule has 1 aromatic rings. The number of hydrogen-bond acceptors (Lipinski definition) is 6. The van der Waals surface area contributed by atoms with E-state index >= 15 is 0 Å². The van der Waals surface area contributed by atoms with Gasteiger partial charge in [-0.05, 0) is 25.7 Å². The molecule has 2 N–H and O–H groups in total. The molecule has 1 amide bonds. The molecule has 0 bridgehead atoms. The van der Waals surface area contributed by atoms with Gasteiger partial charge in [-0.1, -0.05) is 30.0 Å². The topological polar surface area (TPSA) is 72.1 Å². The summed E-state index contributed by atoms with van der Waals surface area (Å²) in [5.74, 6) is 0.644. The van der Waals surface area contributed by atoms with Gasteiger partial charge >= 0.3 is 0 Å². The van der Waals surface area contributed by atoms with Gasteiger partial charge in [0.15, 0.2) is 4.34 Å². The van der Waals surface area contributed by atoms with Crippen LogP contribution >= 0.6 is 23.1 Å². The summed E-state index contributed by atoms with van der Waals surface area (Å²) in [6.07, 6.45) is 4.54. The van der Waals surface area contributed by atoms with Crippen LogP contribution in [-0.2, 0) is 4.79 Å². The highest BCUT2D eigenvalue weighted by molar-refractivity contribution is 8.01. The summed E-state index contributed by atoms with van der Waals surface area (Å²) < 4.78 is 0.769. The molecule has 5 nitrogen and oxygen atoms in total. The Labute approximate surface area is 115 Å². The lowest BCUT2D eigenvalue weighted by Crippen LogP contribution is -2.44. The zero-order chi connectivity index (χ0) is 13.0. The number of likely N-dealkylation sites (tertiary alicyclic amines) is 1. The molecule has 0 saturated carbocycles. The lowest BCUT2D eigenvalue weighted by Gasteiger charge is -2.35. The van der Waals surface area contributed by atoms with Gasteiger partial charge in [0.05, 0.1) is 5.75 Å². The first-order chi connectivity index (χ1) is 8.70. The van der Waals surface area contributed by atoms with Crippen molar-refractivity contribution >= 4 is 34.1 Å². The Balaban J connectivity index is 1.86.